The molecule has 0 amide bonds. The highest BCUT2D eigenvalue weighted by Gasteiger charge is 1.73. The maximum absolute atomic E-state index is 3.55. The van der Waals surface area contributed by atoms with Crippen LogP contribution in [0.2, 0.25) is 0 Å². The zero-order valence-corrected chi connectivity index (χ0v) is 5.09. The van der Waals surface area contributed by atoms with Crippen molar-refractivity contribution >= 4 is 0 Å². The Kier molecular flexibility index (Phi) is 5.48. The molecule has 0 radical (unpaired) electrons. The SMILES string of the molecule is C=CCCNN=NC. The fourth-order valence-corrected chi connectivity index (χ4v) is 0.287. The second-order valence-corrected chi connectivity index (χ2v) is 1.29. The standard InChI is InChI=1S/C5H11N3/c1-3-4-5-7-8-6-2/h3H,1,4-5H2,2H3,(H,6,7). The summed E-state index contributed by atoms with van der Waals surface area (Å²) in [5, 5.41) is 7.02. The van der Waals surface area contributed by atoms with Gasteiger partial charge in [-0.1, -0.05) is 11.3 Å². The van der Waals surface area contributed by atoms with Gasteiger partial charge in [-0.3, -0.25) is 5.43 Å². The minimum Gasteiger partial charge on any atom is -0.291 e. The summed E-state index contributed by atoms with van der Waals surface area (Å²) in [5.41, 5.74) is 2.72. The lowest BCUT2D eigenvalue weighted by Gasteiger charge is -1.90. The summed E-state index contributed by atoms with van der Waals surface area (Å²) >= 11 is 0. The van der Waals surface area contributed by atoms with Crippen molar-refractivity contribution in [2.24, 2.45) is 10.3 Å². The summed E-state index contributed by atoms with van der Waals surface area (Å²) in [6, 6.07) is 0. The molecule has 3 nitrogen and oxygen atoms in total. The zero-order chi connectivity index (χ0) is 6.24. The number of nitrogens with zero attached hydrogens (tertiary/aromatic N) is 2. The lowest BCUT2D eigenvalue weighted by atomic mass is 10.4. The molecule has 0 aromatic rings. The van der Waals surface area contributed by atoms with Crippen LogP contribution in [-0.4, -0.2) is 13.6 Å². The van der Waals surface area contributed by atoms with E-state index >= 15 is 0 Å². The normalized spacial score (nSPS) is 9.62. The maximum atomic E-state index is 3.55. The Labute approximate surface area is 49.5 Å². The molecule has 0 aliphatic heterocycles. The zero-order valence-electron chi connectivity index (χ0n) is 5.09. The van der Waals surface area contributed by atoms with Crippen molar-refractivity contribution in [1.29, 1.82) is 0 Å². The Bertz CT molecular complexity index is 77.7. The predicted molar refractivity (Wildman–Crippen MR) is 33.6 cm³/mol. The summed E-state index contributed by atoms with van der Waals surface area (Å²) in [7, 11) is 1.63. The Morgan fingerprint density at radius 2 is 2.50 bits per heavy atom. The van der Waals surface area contributed by atoms with Crippen molar-refractivity contribution in [3.8, 4) is 0 Å². The van der Waals surface area contributed by atoms with E-state index < -0.39 is 0 Å². The second-order valence-electron chi connectivity index (χ2n) is 1.29. The Hall–Kier alpha value is -0.860. The van der Waals surface area contributed by atoms with Crippen molar-refractivity contribution in [1.82, 2.24) is 5.43 Å². The number of hydrogen-bond acceptors (Lipinski definition) is 2. The smallest absolute Gasteiger partial charge is 0.0509 e. The van der Waals surface area contributed by atoms with Crippen molar-refractivity contribution in [3.05, 3.63) is 12.7 Å². The van der Waals surface area contributed by atoms with Crippen LogP contribution in [0.4, 0.5) is 0 Å². The molecule has 0 spiro atoms. The molecular weight excluding hydrogens is 102 g/mol. The molecule has 0 rings (SSSR count). The van der Waals surface area contributed by atoms with Crippen molar-refractivity contribution < 1.29 is 0 Å². The molecule has 0 heterocycles. The van der Waals surface area contributed by atoms with Gasteiger partial charge in [-0.05, 0) is 6.42 Å². The number of nitrogens with one attached hydrogen (secondary N) is 1. The van der Waals surface area contributed by atoms with Gasteiger partial charge in [-0.15, -0.1) is 6.58 Å². The van der Waals surface area contributed by atoms with Gasteiger partial charge in [0.05, 0.1) is 7.05 Å². The average Bonchev–Trinajstić information content (AvgIpc) is 1.81. The van der Waals surface area contributed by atoms with Gasteiger partial charge in [-0.25, -0.2) is 0 Å². The molecule has 0 fully saturated rings. The molecule has 8 heavy (non-hydrogen) atoms. The fraction of sp³-hybridized carbons (Fsp3) is 0.600. The minimum absolute atomic E-state index is 0.820. The van der Waals surface area contributed by atoms with Crippen LogP contribution in [0, 0.1) is 0 Å². The van der Waals surface area contributed by atoms with Crippen LogP contribution >= 0.6 is 0 Å². The van der Waals surface area contributed by atoms with Crippen molar-refractivity contribution in [2.45, 2.75) is 6.42 Å². The highest BCUT2D eigenvalue weighted by molar-refractivity contribution is 4.65. The minimum atomic E-state index is 0.820. The van der Waals surface area contributed by atoms with Crippen LogP contribution in [0.5, 0.6) is 0 Å². The molecule has 0 aromatic heterocycles. The highest BCUT2D eigenvalue weighted by atomic mass is 15.4. The lowest BCUT2D eigenvalue weighted by Crippen LogP contribution is -2.04. The first-order valence-electron chi connectivity index (χ1n) is 2.54. The summed E-state index contributed by atoms with van der Waals surface area (Å²) in [6.07, 6.45) is 2.76. The number of rotatable bonds is 4. The van der Waals surface area contributed by atoms with E-state index in [1.165, 1.54) is 0 Å². The molecular formula is C5H11N3. The van der Waals surface area contributed by atoms with E-state index in [1.807, 2.05) is 6.08 Å². The molecule has 46 valence electrons. The second kappa shape index (κ2) is 6.14. The van der Waals surface area contributed by atoms with E-state index in [9.17, 15) is 0 Å². The van der Waals surface area contributed by atoms with Crippen LogP contribution in [0.15, 0.2) is 23.0 Å². The van der Waals surface area contributed by atoms with E-state index in [2.05, 4.69) is 22.3 Å². The van der Waals surface area contributed by atoms with Crippen LogP contribution in [0.1, 0.15) is 6.42 Å². The first kappa shape index (κ1) is 7.14. The van der Waals surface area contributed by atoms with Gasteiger partial charge >= 0.3 is 0 Å². The molecule has 0 aliphatic carbocycles. The predicted octanol–water partition coefficient (Wildman–Crippen LogP) is 1.15. The monoisotopic (exact) mass is 113 g/mol. The molecule has 0 unspecified atom stereocenters. The Morgan fingerprint density at radius 1 is 1.75 bits per heavy atom. The van der Waals surface area contributed by atoms with Crippen LogP contribution in [-0.2, 0) is 0 Å². The summed E-state index contributed by atoms with van der Waals surface area (Å²) in [4.78, 5) is 0. The van der Waals surface area contributed by atoms with Crippen molar-refractivity contribution in [3.63, 3.8) is 0 Å². The molecule has 0 aromatic carbocycles. The molecule has 0 aliphatic rings. The van der Waals surface area contributed by atoms with E-state index in [0.717, 1.165) is 13.0 Å². The summed E-state index contributed by atoms with van der Waals surface area (Å²) in [6.45, 7) is 4.37. The van der Waals surface area contributed by atoms with Gasteiger partial charge < -0.3 is 0 Å². The molecule has 3 heteroatoms. The van der Waals surface area contributed by atoms with E-state index in [-0.39, 0.29) is 0 Å². The van der Waals surface area contributed by atoms with Crippen LogP contribution in [0.25, 0.3) is 0 Å². The third kappa shape index (κ3) is 5.14. The summed E-state index contributed by atoms with van der Waals surface area (Å²) in [5.74, 6) is 0. The van der Waals surface area contributed by atoms with Crippen LogP contribution in [0.3, 0.4) is 0 Å². The lowest BCUT2D eigenvalue weighted by molar-refractivity contribution is 0.692. The first-order chi connectivity index (χ1) is 3.91. The molecule has 0 saturated heterocycles. The molecule has 0 bridgehead atoms. The topological polar surface area (TPSA) is 36.8 Å². The third-order valence-corrected chi connectivity index (χ3v) is 0.631. The van der Waals surface area contributed by atoms with Crippen LogP contribution < -0.4 is 5.43 Å². The maximum Gasteiger partial charge on any atom is 0.0509 e. The van der Waals surface area contributed by atoms with Gasteiger partial charge in [0, 0.05) is 6.54 Å². The van der Waals surface area contributed by atoms with Gasteiger partial charge in [0.15, 0.2) is 0 Å². The van der Waals surface area contributed by atoms with Gasteiger partial charge in [-0.2, -0.15) is 5.11 Å². The Balaban J connectivity index is 2.82. The average molecular weight is 113 g/mol. The highest BCUT2D eigenvalue weighted by Crippen LogP contribution is 1.73. The van der Waals surface area contributed by atoms with E-state index in [4.69, 9.17) is 0 Å². The van der Waals surface area contributed by atoms with Gasteiger partial charge in [0.25, 0.3) is 0 Å². The van der Waals surface area contributed by atoms with Gasteiger partial charge in [0.2, 0.25) is 0 Å². The number of hydrogen-bond donors (Lipinski definition) is 1. The molecule has 0 saturated carbocycles. The van der Waals surface area contributed by atoms with Gasteiger partial charge in [0.1, 0.15) is 0 Å². The first-order valence-corrected chi connectivity index (χ1v) is 2.54. The Morgan fingerprint density at radius 3 is 3.00 bits per heavy atom. The molecule has 1 N–H and O–H groups in total. The summed E-state index contributed by atoms with van der Waals surface area (Å²) < 4.78 is 0. The largest absolute Gasteiger partial charge is 0.291 e. The van der Waals surface area contributed by atoms with E-state index in [1.54, 1.807) is 7.05 Å². The quantitative estimate of drug-likeness (QED) is 0.252. The molecule has 0 atom stereocenters. The van der Waals surface area contributed by atoms with E-state index in [0.29, 0.717) is 0 Å². The third-order valence-electron chi connectivity index (χ3n) is 0.631. The fourth-order valence-electron chi connectivity index (χ4n) is 0.287. The van der Waals surface area contributed by atoms with Crippen molar-refractivity contribution in [2.75, 3.05) is 13.6 Å².